The lowest BCUT2D eigenvalue weighted by molar-refractivity contribution is 0.0987. The van der Waals surface area contributed by atoms with Gasteiger partial charge in [0.2, 0.25) is 0 Å². The van der Waals surface area contributed by atoms with Crippen LogP contribution in [0.3, 0.4) is 0 Å². The molecule has 1 heterocycles. The van der Waals surface area contributed by atoms with Crippen molar-refractivity contribution in [2.45, 2.75) is 6.42 Å². The summed E-state index contributed by atoms with van der Waals surface area (Å²) in [5, 5.41) is 0. The van der Waals surface area contributed by atoms with E-state index in [1.807, 2.05) is 0 Å². The van der Waals surface area contributed by atoms with E-state index in [-0.39, 0.29) is 17.8 Å². The SMILES string of the molecule is Nc1ccc(F)c(C(=O)Cc2ncc[nH]2)c1. The molecule has 0 amide bonds. The summed E-state index contributed by atoms with van der Waals surface area (Å²) in [6, 6.07) is 3.93. The lowest BCUT2D eigenvalue weighted by Crippen LogP contribution is -2.08. The van der Waals surface area contributed by atoms with Crippen molar-refractivity contribution in [2.75, 3.05) is 5.73 Å². The van der Waals surface area contributed by atoms with Gasteiger partial charge in [0.25, 0.3) is 0 Å². The lowest BCUT2D eigenvalue weighted by atomic mass is 10.1. The summed E-state index contributed by atoms with van der Waals surface area (Å²) >= 11 is 0. The van der Waals surface area contributed by atoms with E-state index in [0.717, 1.165) is 0 Å². The summed E-state index contributed by atoms with van der Waals surface area (Å²) in [6.45, 7) is 0. The minimum Gasteiger partial charge on any atom is -0.399 e. The summed E-state index contributed by atoms with van der Waals surface area (Å²) in [5.74, 6) is -0.405. The van der Waals surface area contributed by atoms with E-state index in [1.165, 1.54) is 18.2 Å². The number of nitrogen functional groups attached to an aromatic ring is 1. The zero-order valence-corrected chi connectivity index (χ0v) is 8.40. The topological polar surface area (TPSA) is 71.8 Å². The van der Waals surface area contributed by atoms with E-state index in [4.69, 9.17) is 5.73 Å². The monoisotopic (exact) mass is 219 g/mol. The number of aromatic amines is 1. The van der Waals surface area contributed by atoms with Gasteiger partial charge >= 0.3 is 0 Å². The Balaban J connectivity index is 2.24. The lowest BCUT2D eigenvalue weighted by Gasteiger charge is -2.02. The molecule has 1 aromatic carbocycles. The van der Waals surface area contributed by atoms with E-state index in [1.54, 1.807) is 12.4 Å². The van der Waals surface area contributed by atoms with Crippen molar-refractivity contribution in [3.05, 3.63) is 47.8 Å². The van der Waals surface area contributed by atoms with Crippen LogP contribution in [0.5, 0.6) is 0 Å². The molecule has 1 aromatic heterocycles. The molecule has 0 aliphatic heterocycles. The highest BCUT2D eigenvalue weighted by Crippen LogP contribution is 2.14. The number of carbonyl (C=O) groups is 1. The minimum atomic E-state index is -0.564. The minimum absolute atomic E-state index is 0.00333. The van der Waals surface area contributed by atoms with Crippen LogP contribution in [0.4, 0.5) is 10.1 Å². The number of imidazole rings is 1. The smallest absolute Gasteiger partial charge is 0.173 e. The predicted molar refractivity (Wildman–Crippen MR) is 57.4 cm³/mol. The molecule has 0 saturated heterocycles. The van der Waals surface area contributed by atoms with E-state index in [0.29, 0.717) is 11.5 Å². The molecule has 0 aliphatic carbocycles. The third-order valence-corrected chi connectivity index (χ3v) is 2.17. The molecule has 5 heteroatoms. The van der Waals surface area contributed by atoms with Crippen LogP contribution in [-0.2, 0) is 6.42 Å². The highest BCUT2D eigenvalue weighted by atomic mass is 19.1. The Hall–Kier alpha value is -2.17. The van der Waals surface area contributed by atoms with Gasteiger partial charge in [0.05, 0.1) is 12.0 Å². The molecule has 0 bridgehead atoms. The molecule has 3 N–H and O–H groups in total. The second-order valence-corrected chi connectivity index (χ2v) is 3.38. The number of nitrogens with one attached hydrogen (secondary N) is 1. The fraction of sp³-hybridized carbons (Fsp3) is 0.0909. The van der Waals surface area contributed by atoms with Crippen molar-refractivity contribution < 1.29 is 9.18 Å². The normalized spacial score (nSPS) is 10.3. The number of anilines is 1. The molecule has 4 nitrogen and oxygen atoms in total. The standard InChI is InChI=1S/C11H10FN3O/c12-9-2-1-7(13)5-8(9)10(16)6-11-14-3-4-15-11/h1-5H,6,13H2,(H,14,15). The summed E-state index contributed by atoms with van der Waals surface area (Å²) < 4.78 is 13.3. The zero-order valence-electron chi connectivity index (χ0n) is 8.40. The first-order valence-electron chi connectivity index (χ1n) is 4.73. The van der Waals surface area contributed by atoms with Gasteiger partial charge in [0.1, 0.15) is 11.6 Å². The Labute approximate surface area is 91.3 Å². The molecular weight excluding hydrogens is 209 g/mol. The van der Waals surface area contributed by atoms with Crippen molar-refractivity contribution in [2.24, 2.45) is 0 Å². The fourth-order valence-corrected chi connectivity index (χ4v) is 1.40. The largest absolute Gasteiger partial charge is 0.399 e. The Morgan fingerprint density at radius 3 is 3.00 bits per heavy atom. The molecule has 0 saturated carbocycles. The van der Waals surface area contributed by atoms with Gasteiger partial charge in [-0.1, -0.05) is 0 Å². The molecule has 0 unspecified atom stereocenters. The van der Waals surface area contributed by atoms with Crippen molar-refractivity contribution >= 4 is 11.5 Å². The Morgan fingerprint density at radius 1 is 1.50 bits per heavy atom. The molecule has 82 valence electrons. The van der Waals surface area contributed by atoms with Crippen LogP contribution < -0.4 is 5.73 Å². The molecule has 0 atom stereocenters. The number of Topliss-reactive ketones (excluding diaryl/α,β-unsaturated/α-hetero) is 1. The van der Waals surface area contributed by atoms with Gasteiger partial charge in [-0.05, 0) is 18.2 Å². The molecule has 0 fully saturated rings. The van der Waals surface area contributed by atoms with E-state index >= 15 is 0 Å². The number of carbonyl (C=O) groups excluding carboxylic acids is 1. The molecule has 0 aliphatic rings. The summed E-state index contributed by atoms with van der Waals surface area (Å²) in [7, 11) is 0. The van der Waals surface area contributed by atoms with Crippen LogP contribution in [0.15, 0.2) is 30.6 Å². The first-order chi connectivity index (χ1) is 7.66. The number of H-pyrrole nitrogens is 1. The van der Waals surface area contributed by atoms with Gasteiger partial charge in [0.15, 0.2) is 5.78 Å². The number of rotatable bonds is 3. The molecule has 2 rings (SSSR count). The molecule has 0 radical (unpaired) electrons. The summed E-state index contributed by atoms with van der Waals surface area (Å²) in [4.78, 5) is 18.4. The van der Waals surface area contributed by atoms with Crippen molar-refractivity contribution in [3.63, 3.8) is 0 Å². The van der Waals surface area contributed by atoms with E-state index in [2.05, 4.69) is 9.97 Å². The third-order valence-electron chi connectivity index (χ3n) is 2.17. The number of ketones is 1. The third kappa shape index (κ3) is 2.08. The maximum atomic E-state index is 13.3. The van der Waals surface area contributed by atoms with Gasteiger partial charge in [-0.2, -0.15) is 0 Å². The Morgan fingerprint density at radius 2 is 2.31 bits per heavy atom. The molecule has 0 spiro atoms. The first-order valence-corrected chi connectivity index (χ1v) is 4.73. The average molecular weight is 219 g/mol. The van der Waals surface area contributed by atoms with Gasteiger partial charge in [-0.15, -0.1) is 0 Å². The number of hydrogen-bond donors (Lipinski definition) is 2. The van der Waals surface area contributed by atoms with Crippen LogP contribution >= 0.6 is 0 Å². The number of nitrogens with zero attached hydrogens (tertiary/aromatic N) is 1. The van der Waals surface area contributed by atoms with E-state index < -0.39 is 5.82 Å². The number of halogens is 1. The van der Waals surface area contributed by atoms with Crippen molar-refractivity contribution in [1.82, 2.24) is 9.97 Å². The maximum Gasteiger partial charge on any atom is 0.173 e. The van der Waals surface area contributed by atoms with Crippen molar-refractivity contribution in [1.29, 1.82) is 0 Å². The zero-order chi connectivity index (χ0) is 11.5. The Kier molecular flexibility index (Phi) is 2.68. The fourth-order valence-electron chi connectivity index (χ4n) is 1.40. The van der Waals surface area contributed by atoms with Crippen LogP contribution in [-0.4, -0.2) is 15.8 Å². The predicted octanol–water partition coefficient (Wildman–Crippen LogP) is 1.56. The van der Waals surface area contributed by atoms with Gasteiger partial charge in [-0.25, -0.2) is 9.37 Å². The maximum absolute atomic E-state index is 13.3. The van der Waals surface area contributed by atoms with Gasteiger partial charge in [-0.3, -0.25) is 4.79 Å². The number of hydrogen-bond acceptors (Lipinski definition) is 3. The summed E-state index contributed by atoms with van der Waals surface area (Å²) in [5.41, 5.74) is 5.86. The van der Waals surface area contributed by atoms with Crippen LogP contribution in [0.2, 0.25) is 0 Å². The second kappa shape index (κ2) is 4.14. The highest BCUT2D eigenvalue weighted by Gasteiger charge is 2.13. The molecule has 16 heavy (non-hydrogen) atoms. The summed E-state index contributed by atoms with van der Waals surface area (Å²) in [6.07, 6.45) is 3.18. The number of benzene rings is 1. The van der Waals surface area contributed by atoms with Crippen molar-refractivity contribution in [3.8, 4) is 0 Å². The van der Waals surface area contributed by atoms with Gasteiger partial charge < -0.3 is 10.7 Å². The molecular formula is C11H10FN3O. The van der Waals surface area contributed by atoms with Crippen LogP contribution in [0.1, 0.15) is 16.2 Å². The second-order valence-electron chi connectivity index (χ2n) is 3.38. The highest BCUT2D eigenvalue weighted by molar-refractivity contribution is 5.98. The van der Waals surface area contributed by atoms with Crippen LogP contribution in [0, 0.1) is 5.82 Å². The van der Waals surface area contributed by atoms with E-state index in [9.17, 15) is 9.18 Å². The number of nitrogens with two attached hydrogens (primary N) is 1. The quantitative estimate of drug-likeness (QED) is 0.607. The van der Waals surface area contributed by atoms with Gasteiger partial charge in [0, 0.05) is 18.1 Å². The number of aromatic nitrogens is 2. The average Bonchev–Trinajstić information content (AvgIpc) is 2.74. The van der Waals surface area contributed by atoms with Crippen LogP contribution in [0.25, 0.3) is 0 Å². The Bertz CT molecular complexity index is 508. The first kappa shape index (κ1) is 10.4. The molecule has 2 aromatic rings.